The zero-order valence-electron chi connectivity index (χ0n) is 13.1. The van der Waals surface area contributed by atoms with Crippen molar-refractivity contribution in [1.82, 2.24) is 0 Å². The summed E-state index contributed by atoms with van der Waals surface area (Å²) in [6.07, 6.45) is -2.44. The van der Waals surface area contributed by atoms with Crippen molar-refractivity contribution in [2.45, 2.75) is 38.4 Å². The van der Waals surface area contributed by atoms with Crippen molar-refractivity contribution < 1.29 is 28.5 Å². The number of benzene rings is 1. The lowest BCUT2D eigenvalue weighted by Gasteiger charge is -2.21. The second-order valence-corrected chi connectivity index (χ2v) is 6.60. The van der Waals surface area contributed by atoms with Gasteiger partial charge >= 0.3 is 11.9 Å². The molecule has 3 rings (SSSR count). The molecule has 24 heavy (non-hydrogen) atoms. The molecule has 2 aliphatic heterocycles. The van der Waals surface area contributed by atoms with Gasteiger partial charge in [0.1, 0.15) is 12.7 Å². The van der Waals surface area contributed by atoms with Gasteiger partial charge in [0.2, 0.25) is 5.90 Å². The molecule has 0 saturated carbocycles. The van der Waals surface area contributed by atoms with Crippen molar-refractivity contribution in [1.29, 1.82) is 0 Å². The number of rotatable bonds is 4. The summed E-state index contributed by atoms with van der Waals surface area (Å²) in [5, 5.41) is 0. The van der Waals surface area contributed by atoms with E-state index in [1.54, 1.807) is 0 Å². The van der Waals surface area contributed by atoms with Crippen LogP contribution in [0.4, 0.5) is 0 Å². The van der Waals surface area contributed by atoms with Crippen LogP contribution in [-0.4, -0.2) is 49.0 Å². The molecule has 2 aliphatic rings. The maximum atomic E-state index is 11.4. The first-order valence-corrected chi connectivity index (χ1v) is 8.49. The maximum absolute atomic E-state index is 11.4. The summed E-state index contributed by atoms with van der Waals surface area (Å²) in [6, 6.07) is 7.67. The van der Waals surface area contributed by atoms with Gasteiger partial charge in [0, 0.05) is 23.0 Å². The van der Waals surface area contributed by atoms with E-state index in [0.717, 1.165) is 9.13 Å². The minimum atomic E-state index is -0.686. The van der Waals surface area contributed by atoms with Gasteiger partial charge in [0.05, 0.1) is 0 Å². The first-order chi connectivity index (χ1) is 11.5. The molecule has 4 atom stereocenters. The van der Waals surface area contributed by atoms with Gasteiger partial charge in [-0.05, 0) is 34.7 Å². The summed E-state index contributed by atoms with van der Waals surface area (Å²) in [4.78, 5) is 26.9. The first-order valence-electron chi connectivity index (χ1n) is 7.41. The van der Waals surface area contributed by atoms with Crippen LogP contribution in [0.1, 0.15) is 19.4 Å². The molecule has 1 fully saturated rings. The van der Waals surface area contributed by atoms with Gasteiger partial charge in [0.15, 0.2) is 18.4 Å². The van der Waals surface area contributed by atoms with Crippen molar-refractivity contribution in [3.05, 3.63) is 33.4 Å². The number of ether oxygens (including phenoxy) is 4. The van der Waals surface area contributed by atoms with Crippen LogP contribution in [0.15, 0.2) is 29.3 Å². The topological polar surface area (TPSA) is 83.4 Å². The first kappa shape index (κ1) is 17.2. The number of aliphatic imine (C=N–C) groups is 1. The molecule has 1 aromatic rings. The Labute approximate surface area is 152 Å². The number of fused-ring (bicyclic) bond motifs is 1. The van der Waals surface area contributed by atoms with Gasteiger partial charge < -0.3 is 18.9 Å². The Kier molecular flexibility index (Phi) is 5.04. The van der Waals surface area contributed by atoms with E-state index in [2.05, 4.69) is 27.6 Å². The molecule has 0 unspecified atom stereocenters. The Hall–Kier alpha value is -1.68. The number of carbonyl (C=O) groups is 2. The predicted octanol–water partition coefficient (Wildman–Crippen LogP) is 1.66. The molecule has 0 radical (unpaired) electrons. The molecule has 128 valence electrons. The highest BCUT2D eigenvalue weighted by Gasteiger charge is 2.52. The van der Waals surface area contributed by atoms with Crippen LogP contribution >= 0.6 is 22.6 Å². The van der Waals surface area contributed by atoms with E-state index in [-0.39, 0.29) is 6.61 Å². The lowest BCUT2D eigenvalue weighted by atomic mass is 10.1. The summed E-state index contributed by atoms with van der Waals surface area (Å²) in [5.74, 6) is -0.428. The zero-order chi connectivity index (χ0) is 17.3. The van der Waals surface area contributed by atoms with E-state index in [9.17, 15) is 9.59 Å². The SMILES string of the molecule is CC(=O)OC[C@H]1O[C@@H]2N=C(c3ccccc3I)O[C@@H]2[C@@H]1OC(C)=O. The molecular weight excluding hydrogens is 429 g/mol. The summed E-state index contributed by atoms with van der Waals surface area (Å²) in [7, 11) is 0. The number of halogens is 1. The molecule has 7 nitrogen and oxygen atoms in total. The Balaban J connectivity index is 1.79. The minimum absolute atomic E-state index is 0.0165. The number of carbonyl (C=O) groups excluding carboxylic acids is 2. The molecule has 0 aliphatic carbocycles. The summed E-state index contributed by atoms with van der Waals surface area (Å²) in [5.41, 5.74) is 0.856. The number of hydrogen-bond donors (Lipinski definition) is 0. The second kappa shape index (κ2) is 7.06. The van der Waals surface area contributed by atoms with Crippen molar-refractivity contribution in [3.63, 3.8) is 0 Å². The molecule has 1 aromatic carbocycles. The standard InChI is InChI=1S/C16H16INO6/c1-8(19)21-7-12-13(22-9(2)20)14-16(23-12)18-15(24-14)10-5-3-4-6-11(10)17/h3-6,12-14,16H,7H2,1-2H3/t12-,13-,14-,16+/m1/s1. The quantitative estimate of drug-likeness (QED) is 0.518. The van der Waals surface area contributed by atoms with Gasteiger partial charge in [0.25, 0.3) is 0 Å². The monoisotopic (exact) mass is 445 g/mol. The van der Waals surface area contributed by atoms with E-state index in [1.807, 2.05) is 24.3 Å². The fourth-order valence-electron chi connectivity index (χ4n) is 2.65. The predicted molar refractivity (Wildman–Crippen MR) is 91.4 cm³/mol. The highest BCUT2D eigenvalue weighted by atomic mass is 127. The molecule has 8 heteroatoms. The number of hydrogen-bond acceptors (Lipinski definition) is 7. The van der Waals surface area contributed by atoms with Crippen LogP contribution in [-0.2, 0) is 28.5 Å². The molecular formula is C16H16INO6. The van der Waals surface area contributed by atoms with Crippen molar-refractivity contribution in [3.8, 4) is 0 Å². The minimum Gasteiger partial charge on any atom is -0.465 e. The lowest BCUT2D eigenvalue weighted by molar-refractivity contribution is -0.157. The second-order valence-electron chi connectivity index (χ2n) is 5.44. The molecule has 0 bridgehead atoms. The smallest absolute Gasteiger partial charge is 0.303 e. The summed E-state index contributed by atoms with van der Waals surface area (Å²) in [6.45, 7) is 2.60. The van der Waals surface area contributed by atoms with Crippen LogP contribution in [0.2, 0.25) is 0 Å². The highest BCUT2D eigenvalue weighted by Crippen LogP contribution is 2.34. The summed E-state index contributed by atoms with van der Waals surface area (Å²) < 4.78 is 23.0. The lowest BCUT2D eigenvalue weighted by Crippen LogP contribution is -2.39. The van der Waals surface area contributed by atoms with E-state index >= 15 is 0 Å². The van der Waals surface area contributed by atoms with E-state index in [4.69, 9.17) is 18.9 Å². The molecule has 2 heterocycles. The Bertz CT molecular complexity index is 691. The molecule has 0 amide bonds. The third-order valence-electron chi connectivity index (χ3n) is 3.63. The zero-order valence-corrected chi connectivity index (χ0v) is 15.3. The van der Waals surface area contributed by atoms with E-state index in [1.165, 1.54) is 13.8 Å². The van der Waals surface area contributed by atoms with E-state index in [0.29, 0.717) is 5.90 Å². The average molecular weight is 445 g/mol. The van der Waals surface area contributed by atoms with Crippen LogP contribution < -0.4 is 0 Å². The Morgan fingerprint density at radius 2 is 2.00 bits per heavy atom. The van der Waals surface area contributed by atoms with Crippen molar-refractivity contribution in [2.75, 3.05) is 6.61 Å². The molecule has 0 N–H and O–H groups in total. The van der Waals surface area contributed by atoms with Crippen molar-refractivity contribution in [2.24, 2.45) is 4.99 Å². The van der Waals surface area contributed by atoms with Crippen LogP contribution in [0.5, 0.6) is 0 Å². The van der Waals surface area contributed by atoms with Gasteiger partial charge in [-0.2, -0.15) is 0 Å². The van der Waals surface area contributed by atoms with E-state index < -0.39 is 36.5 Å². The van der Waals surface area contributed by atoms with Gasteiger partial charge in [-0.1, -0.05) is 12.1 Å². The van der Waals surface area contributed by atoms with Crippen LogP contribution in [0, 0.1) is 3.57 Å². The Morgan fingerprint density at radius 3 is 2.67 bits per heavy atom. The van der Waals surface area contributed by atoms with Crippen molar-refractivity contribution >= 4 is 40.4 Å². The average Bonchev–Trinajstić information content (AvgIpc) is 3.04. The number of nitrogens with zero attached hydrogens (tertiary/aromatic N) is 1. The molecule has 1 saturated heterocycles. The van der Waals surface area contributed by atoms with Gasteiger partial charge in [-0.15, -0.1) is 0 Å². The fourth-order valence-corrected chi connectivity index (χ4v) is 3.27. The number of esters is 2. The third-order valence-corrected chi connectivity index (χ3v) is 4.58. The summed E-state index contributed by atoms with van der Waals surface area (Å²) >= 11 is 2.20. The van der Waals surface area contributed by atoms with Gasteiger partial charge in [-0.3, -0.25) is 9.59 Å². The maximum Gasteiger partial charge on any atom is 0.303 e. The molecule has 0 spiro atoms. The largest absolute Gasteiger partial charge is 0.465 e. The third kappa shape index (κ3) is 3.54. The normalized spacial score (nSPS) is 27.9. The highest BCUT2D eigenvalue weighted by molar-refractivity contribution is 14.1. The Morgan fingerprint density at radius 1 is 1.25 bits per heavy atom. The van der Waals surface area contributed by atoms with Gasteiger partial charge in [-0.25, -0.2) is 4.99 Å². The fraction of sp³-hybridized carbons (Fsp3) is 0.438. The van der Waals surface area contributed by atoms with Crippen LogP contribution in [0.3, 0.4) is 0 Å². The molecule has 0 aromatic heterocycles. The van der Waals surface area contributed by atoms with Crippen LogP contribution in [0.25, 0.3) is 0 Å².